The van der Waals surface area contributed by atoms with Crippen LogP contribution in [0.3, 0.4) is 0 Å². The summed E-state index contributed by atoms with van der Waals surface area (Å²) in [6.45, 7) is 11.2. The molecule has 2 N–H and O–H groups in total. The number of carboxylic acids is 1. The molecule has 5 rings (SSSR count). The van der Waals surface area contributed by atoms with Crippen molar-refractivity contribution in [3.05, 3.63) is 47.5 Å². The predicted molar refractivity (Wildman–Crippen MR) is 130 cm³/mol. The highest BCUT2D eigenvalue weighted by atomic mass is 16.4. The second kappa shape index (κ2) is 7.20. The molecular weight excluding hydrogens is 410 g/mol. The molecule has 3 aliphatic carbocycles. The van der Waals surface area contributed by atoms with E-state index in [4.69, 9.17) is 0 Å². The average molecular weight is 450 g/mol. The summed E-state index contributed by atoms with van der Waals surface area (Å²) in [7, 11) is 0. The fourth-order valence-corrected chi connectivity index (χ4v) is 8.79. The van der Waals surface area contributed by atoms with Crippen molar-refractivity contribution in [2.24, 2.45) is 28.6 Å². The average Bonchev–Trinajstić information content (AvgIpc) is 3.07. The Balaban J connectivity index is 1.60. The first-order valence-corrected chi connectivity index (χ1v) is 12.8. The number of carbonyl (C=O) groups excluding carboxylic acids is 1. The monoisotopic (exact) mass is 449 g/mol. The molecule has 0 bridgehead atoms. The molecule has 33 heavy (non-hydrogen) atoms. The number of fused-ring (bicyclic) bond motifs is 5. The number of amides is 1. The lowest BCUT2D eigenvalue weighted by Crippen LogP contribution is -2.61. The smallest absolute Gasteiger partial charge is 0.314 e. The molecule has 7 atom stereocenters. The minimum Gasteiger partial charge on any atom is -0.481 e. The molecule has 1 aliphatic heterocycles. The van der Waals surface area contributed by atoms with Gasteiger partial charge in [0.25, 0.3) is 0 Å². The van der Waals surface area contributed by atoms with Gasteiger partial charge in [0, 0.05) is 11.5 Å². The lowest BCUT2D eigenvalue weighted by atomic mass is 9.45. The third kappa shape index (κ3) is 2.94. The van der Waals surface area contributed by atoms with Gasteiger partial charge in [-0.1, -0.05) is 65.0 Å². The Labute approximate surface area is 198 Å². The molecule has 3 saturated carbocycles. The van der Waals surface area contributed by atoms with Crippen LogP contribution < -0.4 is 5.32 Å². The number of benzene rings is 1. The van der Waals surface area contributed by atoms with Crippen LogP contribution in [0.5, 0.6) is 0 Å². The summed E-state index contributed by atoms with van der Waals surface area (Å²) in [5.74, 6) is 0.777. The maximum atomic E-state index is 13.3. The highest BCUT2D eigenvalue weighted by Gasteiger charge is 2.68. The Morgan fingerprint density at radius 3 is 2.42 bits per heavy atom. The maximum Gasteiger partial charge on any atom is 0.314 e. The maximum absolute atomic E-state index is 13.3. The van der Waals surface area contributed by atoms with Crippen LogP contribution in [-0.2, 0) is 20.4 Å². The first-order valence-electron chi connectivity index (χ1n) is 12.8. The summed E-state index contributed by atoms with van der Waals surface area (Å²) in [5, 5.41) is 14.1. The van der Waals surface area contributed by atoms with Crippen LogP contribution in [0.15, 0.2) is 36.4 Å². The van der Waals surface area contributed by atoms with E-state index in [1.165, 1.54) is 5.56 Å². The van der Waals surface area contributed by atoms with E-state index in [0.29, 0.717) is 24.2 Å². The van der Waals surface area contributed by atoms with Gasteiger partial charge in [0.2, 0.25) is 5.91 Å². The van der Waals surface area contributed by atoms with E-state index in [0.717, 1.165) is 37.7 Å². The van der Waals surface area contributed by atoms with Gasteiger partial charge in [-0.2, -0.15) is 0 Å². The molecular formula is C29H39NO3. The van der Waals surface area contributed by atoms with Gasteiger partial charge in [0.15, 0.2) is 0 Å². The third-order valence-electron chi connectivity index (χ3n) is 10.4. The molecule has 0 aromatic heterocycles. The minimum absolute atomic E-state index is 0.0288. The summed E-state index contributed by atoms with van der Waals surface area (Å²) in [6.07, 6.45) is 9.60. The summed E-state index contributed by atoms with van der Waals surface area (Å²) in [4.78, 5) is 25.3. The van der Waals surface area contributed by atoms with Gasteiger partial charge in [-0.05, 0) is 84.3 Å². The van der Waals surface area contributed by atoms with Gasteiger partial charge in [-0.15, -0.1) is 0 Å². The number of aliphatic carboxylic acids is 1. The van der Waals surface area contributed by atoms with Crippen LogP contribution in [-0.4, -0.2) is 23.0 Å². The van der Waals surface area contributed by atoms with Crippen molar-refractivity contribution >= 4 is 11.9 Å². The Morgan fingerprint density at radius 1 is 1.03 bits per heavy atom. The van der Waals surface area contributed by atoms with Crippen molar-refractivity contribution in [3.63, 3.8) is 0 Å². The molecule has 3 fully saturated rings. The molecule has 1 amide bonds. The first kappa shape index (κ1) is 22.7. The zero-order valence-corrected chi connectivity index (χ0v) is 20.8. The molecule has 4 aliphatic rings. The fraction of sp³-hybridized carbons (Fsp3) is 0.655. The van der Waals surface area contributed by atoms with E-state index in [1.807, 2.05) is 6.07 Å². The molecule has 1 heterocycles. The summed E-state index contributed by atoms with van der Waals surface area (Å²) in [6, 6.07) is 8.53. The van der Waals surface area contributed by atoms with Crippen molar-refractivity contribution in [1.82, 2.24) is 5.32 Å². The molecule has 2 unspecified atom stereocenters. The second-order valence-corrected chi connectivity index (χ2v) is 12.7. The molecule has 178 valence electrons. The molecule has 4 heteroatoms. The molecule has 0 saturated heterocycles. The van der Waals surface area contributed by atoms with Crippen LogP contribution in [0.2, 0.25) is 0 Å². The number of rotatable bonds is 2. The normalized spacial score (nSPS) is 42.2. The number of carboxylic acid groups (broad SMARTS) is 1. The Hall–Kier alpha value is -2.10. The van der Waals surface area contributed by atoms with Crippen molar-refractivity contribution in [2.45, 2.75) is 90.0 Å². The summed E-state index contributed by atoms with van der Waals surface area (Å²) < 4.78 is 0. The van der Waals surface area contributed by atoms with E-state index in [-0.39, 0.29) is 28.2 Å². The third-order valence-corrected chi connectivity index (χ3v) is 10.4. The second-order valence-electron chi connectivity index (χ2n) is 12.7. The Morgan fingerprint density at radius 2 is 1.73 bits per heavy atom. The van der Waals surface area contributed by atoms with Crippen LogP contribution in [0.25, 0.3) is 0 Å². The van der Waals surface area contributed by atoms with Gasteiger partial charge in [-0.3, -0.25) is 9.59 Å². The van der Waals surface area contributed by atoms with E-state index in [2.05, 4.69) is 64.2 Å². The largest absolute Gasteiger partial charge is 0.481 e. The highest BCUT2D eigenvalue weighted by Crippen LogP contribution is 2.69. The standard InChI is InChI=1S/C29H39NO3/c1-26(2,3)21-8-6-7-9-22(21)29(25(32)33)17-13-20-18-10-11-23-27(4,15-14-24(31)30-23)19(18)12-16-28(20,29)5/h6-9,14-15,18-20,23H,10-13,16-17H2,1-5H3,(H,30,31)(H,32,33)/t18-,19-,20+,23?,27-,28+,29?/m1/s1. The van der Waals surface area contributed by atoms with Crippen molar-refractivity contribution < 1.29 is 14.7 Å². The first-order chi connectivity index (χ1) is 15.4. The number of hydrogen-bond acceptors (Lipinski definition) is 2. The zero-order chi connectivity index (χ0) is 23.8. The molecule has 1 aromatic carbocycles. The van der Waals surface area contributed by atoms with Gasteiger partial charge in [0.05, 0.1) is 5.41 Å². The molecule has 0 radical (unpaired) electrons. The molecule has 4 nitrogen and oxygen atoms in total. The Bertz CT molecular complexity index is 1020. The SMILES string of the molecule is CC(C)(C)c1ccccc1C1(C(=O)O)CC[C@H]2[C@@H]3CCC4NC(=O)C=C[C@]4(C)[C@@H]3CC[C@@]21C. The number of carbonyl (C=O) groups is 2. The van der Waals surface area contributed by atoms with E-state index in [1.54, 1.807) is 6.08 Å². The van der Waals surface area contributed by atoms with E-state index >= 15 is 0 Å². The Kier molecular flexibility index (Phi) is 4.95. The van der Waals surface area contributed by atoms with Crippen molar-refractivity contribution in [3.8, 4) is 0 Å². The van der Waals surface area contributed by atoms with Crippen molar-refractivity contribution in [1.29, 1.82) is 0 Å². The van der Waals surface area contributed by atoms with Gasteiger partial charge >= 0.3 is 5.97 Å². The fourth-order valence-electron chi connectivity index (χ4n) is 8.79. The molecule has 1 aromatic rings. The predicted octanol–water partition coefficient (Wildman–Crippen LogP) is 5.60. The van der Waals surface area contributed by atoms with E-state index in [9.17, 15) is 14.7 Å². The van der Waals surface area contributed by atoms with Crippen LogP contribution in [0, 0.1) is 28.6 Å². The lowest BCUT2D eigenvalue weighted by molar-refractivity contribution is -0.154. The summed E-state index contributed by atoms with van der Waals surface area (Å²) >= 11 is 0. The van der Waals surface area contributed by atoms with Crippen LogP contribution >= 0.6 is 0 Å². The topological polar surface area (TPSA) is 66.4 Å². The number of hydrogen-bond donors (Lipinski definition) is 2. The number of nitrogens with one attached hydrogen (secondary N) is 1. The van der Waals surface area contributed by atoms with Crippen LogP contribution in [0.1, 0.15) is 84.3 Å². The highest BCUT2D eigenvalue weighted by molar-refractivity contribution is 5.89. The molecule has 0 spiro atoms. The minimum atomic E-state index is -0.846. The van der Waals surface area contributed by atoms with Gasteiger partial charge in [0.1, 0.15) is 0 Å². The zero-order valence-electron chi connectivity index (χ0n) is 20.8. The lowest BCUT2D eigenvalue weighted by Gasteiger charge is -2.60. The summed E-state index contributed by atoms with van der Waals surface area (Å²) in [5.41, 5.74) is 0.952. The van der Waals surface area contributed by atoms with E-state index < -0.39 is 11.4 Å². The van der Waals surface area contributed by atoms with Crippen LogP contribution in [0.4, 0.5) is 0 Å². The van der Waals surface area contributed by atoms with Gasteiger partial charge in [-0.25, -0.2) is 0 Å². The van der Waals surface area contributed by atoms with Crippen molar-refractivity contribution in [2.75, 3.05) is 0 Å². The quantitative estimate of drug-likeness (QED) is 0.617. The van der Waals surface area contributed by atoms with Gasteiger partial charge < -0.3 is 10.4 Å².